The van der Waals surface area contributed by atoms with Crippen LogP contribution in [0.5, 0.6) is 11.5 Å². The van der Waals surface area contributed by atoms with Gasteiger partial charge in [0.15, 0.2) is 0 Å². The molecule has 6 unspecified atom stereocenters. The van der Waals surface area contributed by atoms with Crippen LogP contribution in [0.4, 0.5) is 0 Å². The number of nitrogens with one attached hydrogen (secondary N) is 3. The van der Waals surface area contributed by atoms with Crippen molar-refractivity contribution in [1.82, 2.24) is 21.0 Å². The van der Waals surface area contributed by atoms with Gasteiger partial charge in [0, 0.05) is 18.9 Å². The van der Waals surface area contributed by atoms with Crippen LogP contribution in [0.3, 0.4) is 0 Å². The Bertz CT molecular complexity index is 1770. The number of likely N-dealkylation sites (tertiary alicyclic amines) is 1. The van der Waals surface area contributed by atoms with Crippen LogP contribution >= 0.6 is 8.38 Å². The number of unbranched alkanes of at least 4 members (excludes halogenated alkanes) is 1. The van der Waals surface area contributed by atoms with E-state index in [4.69, 9.17) is 13.8 Å². The van der Waals surface area contributed by atoms with Crippen molar-refractivity contribution in [2.24, 2.45) is 5.92 Å². The van der Waals surface area contributed by atoms with Gasteiger partial charge in [-0.3, -0.25) is 14.4 Å². The van der Waals surface area contributed by atoms with Gasteiger partial charge in [-0.2, -0.15) is 5.48 Å². The van der Waals surface area contributed by atoms with Crippen molar-refractivity contribution in [2.45, 2.75) is 108 Å². The van der Waals surface area contributed by atoms with Crippen LogP contribution in [-0.2, 0) is 35.6 Å². The fraction of sp³-hybridized carbons (Fsp3) is 0.500. The van der Waals surface area contributed by atoms with Crippen molar-refractivity contribution < 1.29 is 41.8 Å². The second kappa shape index (κ2) is 22.2. The molecule has 0 radical (unpaired) electrons. The number of carbonyl (C=O) groups is 3. The van der Waals surface area contributed by atoms with E-state index in [0.29, 0.717) is 56.8 Å². The van der Waals surface area contributed by atoms with E-state index in [1.807, 2.05) is 97.9 Å². The maximum Gasteiger partial charge on any atom is 0.314 e. The second-order valence-corrected chi connectivity index (χ2v) is 18.6. The molecule has 4 N–H and O–H groups in total. The van der Waals surface area contributed by atoms with Crippen LogP contribution in [0, 0.1) is 5.92 Å². The largest absolute Gasteiger partial charge is 0.437 e. The average molecular weight is 825 g/mol. The standard InChI is InChI=1S/C42H57N4O9PS/c1-3-39(56(54-33-20-9-5-10-21-33)55-34-22-11-6-12-23-34)44-41(48)38-29-32-19-13-14-25-37(32)46(38)42(49)36(26-28-57(2,51)52)43-40(47)35(45-50)24-15-16-27-53-30-31-17-7-4-8-18-31/h4-12,17-18,20-23,32,35-39,45,50H,3,13-16,19,24-30H2,1-2H3,(H,43,47)(H,44,48). The molecular weight excluding hydrogens is 768 g/mol. The van der Waals surface area contributed by atoms with Gasteiger partial charge in [-0.05, 0) is 87.1 Å². The van der Waals surface area contributed by atoms with E-state index >= 15 is 0 Å². The molecule has 1 saturated carbocycles. The van der Waals surface area contributed by atoms with Gasteiger partial charge in [0.1, 0.15) is 45.2 Å². The molecule has 310 valence electrons. The number of amides is 3. The summed E-state index contributed by atoms with van der Waals surface area (Å²) in [7, 11) is -5.26. The SMILES string of the molecule is CCC(NC(=O)C1CC2CCCCC2N1C(=O)C(CCS(C)(=O)=O)NC(=O)C(CCCCOCc1ccccc1)NO)P(Oc1ccccc1)Oc1ccccc1. The number of rotatable bonds is 22. The van der Waals surface area contributed by atoms with Crippen molar-refractivity contribution in [1.29, 1.82) is 0 Å². The zero-order chi connectivity index (χ0) is 40.6. The third kappa shape index (κ3) is 13.5. The zero-order valence-corrected chi connectivity index (χ0v) is 34.5. The summed E-state index contributed by atoms with van der Waals surface area (Å²) in [4.78, 5) is 44.3. The summed E-state index contributed by atoms with van der Waals surface area (Å²) in [5.41, 5.74) is 3.12. The van der Waals surface area contributed by atoms with Crippen molar-refractivity contribution in [3.8, 4) is 11.5 Å². The highest BCUT2D eigenvalue weighted by Crippen LogP contribution is 2.46. The van der Waals surface area contributed by atoms with Crippen molar-refractivity contribution in [3.63, 3.8) is 0 Å². The normalized spacial score (nSPS) is 19.6. The summed E-state index contributed by atoms with van der Waals surface area (Å²) >= 11 is 0. The second-order valence-electron chi connectivity index (χ2n) is 14.8. The lowest BCUT2D eigenvalue weighted by Crippen LogP contribution is -2.58. The lowest BCUT2D eigenvalue weighted by atomic mass is 9.84. The van der Waals surface area contributed by atoms with Gasteiger partial charge in [-0.15, -0.1) is 0 Å². The molecule has 1 aliphatic heterocycles. The summed E-state index contributed by atoms with van der Waals surface area (Å²) in [6, 6.07) is 24.9. The maximum absolute atomic E-state index is 14.7. The van der Waals surface area contributed by atoms with Gasteiger partial charge in [0.05, 0.1) is 12.4 Å². The highest BCUT2D eigenvalue weighted by atomic mass is 32.2. The van der Waals surface area contributed by atoms with Crippen molar-refractivity contribution >= 4 is 35.9 Å². The summed E-state index contributed by atoms with van der Waals surface area (Å²) in [5, 5.41) is 15.9. The number of hydrogen-bond donors (Lipinski definition) is 4. The molecular formula is C42H57N4O9PS. The Morgan fingerprint density at radius 2 is 1.46 bits per heavy atom. The number of carbonyl (C=O) groups excluding carboxylic acids is 3. The Morgan fingerprint density at radius 1 is 0.842 bits per heavy atom. The first-order valence-electron chi connectivity index (χ1n) is 19.9. The molecule has 15 heteroatoms. The van der Waals surface area contributed by atoms with Gasteiger partial charge in [0.25, 0.3) is 0 Å². The van der Waals surface area contributed by atoms with E-state index in [2.05, 4.69) is 16.1 Å². The number of ether oxygens (including phenoxy) is 1. The number of sulfone groups is 1. The monoisotopic (exact) mass is 824 g/mol. The Labute approximate surface area is 338 Å². The van der Waals surface area contributed by atoms with E-state index in [-0.39, 0.29) is 36.5 Å². The lowest BCUT2D eigenvalue weighted by molar-refractivity contribution is -0.144. The summed E-state index contributed by atoms with van der Waals surface area (Å²) in [5.74, 6) is -1.15. The van der Waals surface area contributed by atoms with E-state index in [9.17, 15) is 28.0 Å². The first-order valence-corrected chi connectivity index (χ1v) is 23.2. The Hall–Kier alpha value is -4.07. The summed E-state index contributed by atoms with van der Waals surface area (Å²) in [6.45, 7) is 2.86. The molecule has 5 rings (SSSR count). The molecule has 3 amide bonds. The average Bonchev–Trinajstić information content (AvgIpc) is 3.61. The molecule has 1 saturated heterocycles. The number of para-hydroxylation sites is 2. The van der Waals surface area contributed by atoms with Crippen LogP contribution < -0.4 is 25.2 Å². The molecule has 6 atom stereocenters. The number of hydroxylamine groups is 1. The van der Waals surface area contributed by atoms with Crippen molar-refractivity contribution in [2.75, 3.05) is 18.6 Å². The molecule has 13 nitrogen and oxygen atoms in total. The molecule has 2 fully saturated rings. The van der Waals surface area contributed by atoms with Gasteiger partial charge < -0.3 is 34.5 Å². The highest BCUT2D eigenvalue weighted by molar-refractivity contribution is 7.90. The number of hydrogen-bond acceptors (Lipinski definition) is 10. The van der Waals surface area contributed by atoms with Crippen LogP contribution in [0.25, 0.3) is 0 Å². The van der Waals surface area contributed by atoms with Crippen LogP contribution in [0.15, 0.2) is 91.0 Å². The minimum absolute atomic E-state index is 0.0726. The van der Waals surface area contributed by atoms with Gasteiger partial charge in [0.2, 0.25) is 17.7 Å². The molecule has 3 aromatic carbocycles. The quantitative estimate of drug-likeness (QED) is 0.0526. The molecule has 1 heterocycles. The third-order valence-corrected chi connectivity index (χ3v) is 13.2. The number of benzene rings is 3. The molecule has 2 aliphatic rings. The Balaban J connectivity index is 1.29. The summed E-state index contributed by atoms with van der Waals surface area (Å²) < 4.78 is 43.2. The van der Waals surface area contributed by atoms with E-state index in [1.54, 1.807) is 4.90 Å². The van der Waals surface area contributed by atoms with E-state index in [0.717, 1.165) is 31.1 Å². The van der Waals surface area contributed by atoms with E-state index in [1.165, 1.54) is 0 Å². The predicted molar refractivity (Wildman–Crippen MR) is 219 cm³/mol. The minimum atomic E-state index is -3.52. The fourth-order valence-corrected chi connectivity index (χ4v) is 9.65. The smallest absolute Gasteiger partial charge is 0.314 e. The molecule has 0 bridgehead atoms. The van der Waals surface area contributed by atoms with Crippen molar-refractivity contribution in [3.05, 3.63) is 96.6 Å². The highest BCUT2D eigenvalue weighted by Gasteiger charge is 2.49. The number of nitrogens with zero attached hydrogens (tertiary/aromatic N) is 1. The topological polar surface area (TPSA) is 173 Å². The van der Waals surface area contributed by atoms with E-state index < -0.39 is 53.9 Å². The van der Waals surface area contributed by atoms with Crippen LogP contribution in [-0.4, -0.2) is 84.8 Å². The fourth-order valence-electron chi connectivity index (χ4n) is 7.50. The molecule has 57 heavy (non-hydrogen) atoms. The first kappa shape index (κ1) is 44.0. The van der Waals surface area contributed by atoms with Gasteiger partial charge in [-0.1, -0.05) is 86.5 Å². The molecule has 0 aromatic heterocycles. The Morgan fingerprint density at radius 3 is 2.05 bits per heavy atom. The third-order valence-electron chi connectivity index (χ3n) is 10.5. The summed E-state index contributed by atoms with van der Waals surface area (Å²) in [6.07, 6.45) is 6.64. The minimum Gasteiger partial charge on any atom is -0.437 e. The Kier molecular flexibility index (Phi) is 17.1. The van der Waals surface area contributed by atoms with Crippen LogP contribution in [0.2, 0.25) is 0 Å². The lowest BCUT2D eigenvalue weighted by Gasteiger charge is -2.36. The van der Waals surface area contributed by atoms with Crippen LogP contribution in [0.1, 0.15) is 76.7 Å². The van der Waals surface area contributed by atoms with Gasteiger partial charge >= 0.3 is 8.38 Å². The van der Waals surface area contributed by atoms with Gasteiger partial charge in [-0.25, -0.2) is 8.42 Å². The predicted octanol–water partition coefficient (Wildman–Crippen LogP) is 6.12. The molecule has 0 spiro atoms. The first-order chi connectivity index (χ1) is 27.6. The molecule has 1 aliphatic carbocycles. The zero-order valence-electron chi connectivity index (χ0n) is 32.8. The molecule has 3 aromatic rings. The maximum atomic E-state index is 14.7. The number of fused-ring (bicyclic) bond motifs is 1.